The molecule has 0 amide bonds. The highest BCUT2D eigenvalue weighted by Gasteiger charge is 2.02. The van der Waals surface area contributed by atoms with Crippen molar-refractivity contribution in [1.29, 1.82) is 0 Å². The van der Waals surface area contributed by atoms with Gasteiger partial charge in [0.15, 0.2) is 5.16 Å². The van der Waals surface area contributed by atoms with E-state index in [0.717, 1.165) is 0 Å². The summed E-state index contributed by atoms with van der Waals surface area (Å²) in [5, 5.41) is 15.8. The lowest BCUT2D eigenvalue weighted by Crippen LogP contribution is -1.91. The van der Waals surface area contributed by atoms with Gasteiger partial charge in [0.1, 0.15) is 0 Å². The molecule has 0 unspecified atom stereocenters. The van der Waals surface area contributed by atoms with Crippen molar-refractivity contribution in [1.82, 2.24) is 0 Å². The molecule has 6 heteroatoms. The first kappa shape index (κ1) is 8.77. The maximum Gasteiger partial charge on any atom is 0.383 e. The Labute approximate surface area is 61.9 Å². The van der Waals surface area contributed by atoms with Gasteiger partial charge in [-0.25, -0.2) is 0 Å². The minimum atomic E-state index is -0.774. The van der Waals surface area contributed by atoms with Crippen LogP contribution in [0, 0.1) is 10.1 Å². The Bertz CT molecular complexity index is 211. The van der Waals surface area contributed by atoms with Crippen LogP contribution in [0.1, 0.15) is 0 Å². The van der Waals surface area contributed by atoms with Gasteiger partial charge < -0.3 is 10.1 Å². The van der Waals surface area contributed by atoms with Crippen molar-refractivity contribution in [3.63, 3.8) is 0 Å². The van der Waals surface area contributed by atoms with Crippen LogP contribution in [0.25, 0.3) is 0 Å². The molecule has 54 valence electrons. The third-order valence-electron chi connectivity index (χ3n) is 0.485. The summed E-state index contributed by atoms with van der Waals surface area (Å²) in [6.07, 6.45) is 0. The molecule has 0 rings (SSSR count). The third-order valence-corrected chi connectivity index (χ3v) is 0.560. The van der Waals surface area contributed by atoms with E-state index in [1.54, 1.807) is 0 Å². The van der Waals surface area contributed by atoms with Crippen LogP contribution >= 0.6 is 11.6 Å². The van der Waals surface area contributed by atoms with Crippen LogP contribution in [0.3, 0.4) is 0 Å². The van der Waals surface area contributed by atoms with Crippen LogP contribution in [0.2, 0.25) is 0 Å². The number of nitrogens with zero attached hydrogens (tertiary/aromatic N) is 3. The summed E-state index contributed by atoms with van der Waals surface area (Å²) in [5.41, 5.74) is 0. The van der Waals surface area contributed by atoms with Gasteiger partial charge in [-0.1, -0.05) is 18.2 Å². The van der Waals surface area contributed by atoms with Gasteiger partial charge in [0.05, 0.1) is 5.11 Å². The minimum absolute atomic E-state index is 0.122. The molecular formula is C4H4ClN3O2. The van der Waals surface area contributed by atoms with E-state index in [0.29, 0.717) is 0 Å². The number of azo groups is 1. The number of nitro groups is 1. The highest BCUT2D eigenvalue weighted by atomic mass is 35.5. The summed E-state index contributed by atoms with van der Waals surface area (Å²) in [6.45, 7) is 6.09. The quantitative estimate of drug-likeness (QED) is 0.275. The Morgan fingerprint density at radius 2 is 2.00 bits per heavy atom. The van der Waals surface area contributed by atoms with Crippen LogP contribution < -0.4 is 0 Å². The summed E-state index contributed by atoms with van der Waals surface area (Å²) < 4.78 is 0. The van der Waals surface area contributed by atoms with Crippen LogP contribution in [0.5, 0.6) is 0 Å². The molecular weight excluding hydrogens is 158 g/mol. The summed E-state index contributed by atoms with van der Waals surface area (Å²) in [5.74, 6) is -0.568. The average Bonchev–Trinajstić information content (AvgIpc) is 1.82. The Hall–Kier alpha value is -1.23. The van der Waals surface area contributed by atoms with E-state index in [-0.39, 0.29) is 5.16 Å². The van der Waals surface area contributed by atoms with E-state index in [1.807, 2.05) is 0 Å². The van der Waals surface area contributed by atoms with Crippen molar-refractivity contribution in [3.8, 4) is 0 Å². The largest absolute Gasteiger partial charge is 0.383 e. The van der Waals surface area contributed by atoms with E-state index >= 15 is 0 Å². The van der Waals surface area contributed by atoms with E-state index in [1.165, 1.54) is 0 Å². The topological polar surface area (TPSA) is 67.9 Å². The molecule has 0 aromatic heterocycles. The van der Waals surface area contributed by atoms with Gasteiger partial charge in [-0.05, 0) is 10.0 Å². The molecule has 0 saturated carbocycles. The van der Waals surface area contributed by atoms with Crippen LogP contribution in [0.15, 0.2) is 34.4 Å². The lowest BCUT2D eigenvalue weighted by molar-refractivity contribution is -0.426. The summed E-state index contributed by atoms with van der Waals surface area (Å²) in [7, 11) is 0. The first-order valence-electron chi connectivity index (χ1n) is 2.13. The van der Waals surface area contributed by atoms with Crippen LogP contribution in [-0.4, -0.2) is 4.92 Å². The lowest BCUT2D eigenvalue weighted by Gasteiger charge is -1.84. The van der Waals surface area contributed by atoms with E-state index in [4.69, 9.17) is 11.6 Å². The summed E-state index contributed by atoms with van der Waals surface area (Å²) in [6, 6.07) is 0. The monoisotopic (exact) mass is 161 g/mol. The van der Waals surface area contributed by atoms with Gasteiger partial charge in [-0.15, -0.1) is 0 Å². The van der Waals surface area contributed by atoms with Crippen molar-refractivity contribution >= 4 is 11.6 Å². The first-order valence-corrected chi connectivity index (χ1v) is 2.51. The highest BCUT2D eigenvalue weighted by Crippen LogP contribution is 2.02. The van der Waals surface area contributed by atoms with Crippen molar-refractivity contribution in [2.24, 2.45) is 10.2 Å². The average molecular weight is 162 g/mol. The molecule has 0 fully saturated rings. The van der Waals surface area contributed by atoms with Crippen molar-refractivity contribution < 1.29 is 4.92 Å². The second kappa shape index (κ2) is 3.73. The Kier molecular flexibility index (Phi) is 3.27. The smallest absolute Gasteiger partial charge is 0.358 e. The van der Waals surface area contributed by atoms with Gasteiger partial charge in [0.2, 0.25) is 0 Å². The van der Waals surface area contributed by atoms with Gasteiger partial charge in [-0.3, -0.25) is 0 Å². The molecule has 0 aliphatic rings. The van der Waals surface area contributed by atoms with Gasteiger partial charge >= 0.3 is 5.82 Å². The van der Waals surface area contributed by atoms with Crippen LogP contribution in [0.4, 0.5) is 0 Å². The second-order valence-electron chi connectivity index (χ2n) is 1.25. The molecule has 0 aliphatic heterocycles. The predicted molar refractivity (Wildman–Crippen MR) is 36.0 cm³/mol. The van der Waals surface area contributed by atoms with Crippen molar-refractivity contribution in [2.45, 2.75) is 0 Å². The highest BCUT2D eigenvalue weighted by molar-refractivity contribution is 6.28. The number of hydrogen-bond acceptors (Lipinski definition) is 4. The molecule has 0 aromatic rings. The fourth-order valence-corrected chi connectivity index (χ4v) is 0.186. The molecule has 0 N–H and O–H groups in total. The zero-order valence-corrected chi connectivity index (χ0v) is 5.71. The van der Waals surface area contributed by atoms with Crippen molar-refractivity contribution in [3.05, 3.63) is 34.2 Å². The zero-order chi connectivity index (χ0) is 8.15. The number of halogens is 1. The molecule has 0 atom stereocenters. The standard InChI is InChI=1S/C4H4ClN3O2/c1-3(5)6-7-4(2)8(9)10/h1-2H2/b7-6-. The molecule has 10 heavy (non-hydrogen) atoms. The number of rotatable bonds is 3. The zero-order valence-electron chi connectivity index (χ0n) is 4.95. The summed E-state index contributed by atoms with van der Waals surface area (Å²) >= 11 is 5.11. The molecule has 0 radical (unpaired) electrons. The molecule has 0 spiro atoms. The lowest BCUT2D eigenvalue weighted by atomic mass is 10.9. The second-order valence-corrected chi connectivity index (χ2v) is 1.69. The Morgan fingerprint density at radius 1 is 1.50 bits per heavy atom. The Morgan fingerprint density at radius 3 is 2.30 bits per heavy atom. The minimum Gasteiger partial charge on any atom is -0.358 e. The fraction of sp³-hybridized carbons (Fsp3) is 0. The fourth-order valence-electron chi connectivity index (χ4n) is 0.148. The van der Waals surface area contributed by atoms with Gasteiger partial charge in [0, 0.05) is 6.58 Å². The third kappa shape index (κ3) is 3.73. The maximum atomic E-state index is 9.79. The predicted octanol–water partition coefficient (Wildman–Crippen LogP) is 1.90. The SMILES string of the molecule is C=C(Cl)/N=N\C(=C)[N+](=O)[O-]. The normalized spacial score (nSPS) is 9.70. The van der Waals surface area contributed by atoms with Gasteiger partial charge in [0.25, 0.3) is 0 Å². The molecule has 0 aromatic carbocycles. The van der Waals surface area contributed by atoms with Gasteiger partial charge in [-0.2, -0.15) is 0 Å². The number of hydrogen-bond donors (Lipinski definition) is 0. The van der Waals surface area contributed by atoms with E-state index < -0.39 is 10.7 Å². The molecule has 0 saturated heterocycles. The molecule has 0 bridgehead atoms. The molecule has 0 heterocycles. The van der Waals surface area contributed by atoms with Crippen molar-refractivity contribution in [2.75, 3.05) is 0 Å². The first-order chi connectivity index (χ1) is 4.54. The van der Waals surface area contributed by atoms with Crippen LogP contribution in [-0.2, 0) is 0 Å². The molecule has 0 aliphatic carbocycles. The van der Waals surface area contributed by atoms with E-state index in [9.17, 15) is 10.1 Å². The van der Waals surface area contributed by atoms with E-state index in [2.05, 4.69) is 23.4 Å². The molecule has 5 nitrogen and oxygen atoms in total. The summed E-state index contributed by atoms with van der Waals surface area (Å²) in [4.78, 5) is 9.02. The maximum absolute atomic E-state index is 9.79. The Balaban J connectivity index is 4.03.